The summed E-state index contributed by atoms with van der Waals surface area (Å²) in [5.41, 5.74) is 0. The quantitative estimate of drug-likeness (QED) is 0.0215. The number of quaternary nitrogens is 1. The zero-order valence-corrected chi connectivity index (χ0v) is 39.9. The molecular weight excluding hydrogens is 746 g/mol. The summed E-state index contributed by atoms with van der Waals surface area (Å²) in [5.74, 6) is -0.321. The molecule has 0 amide bonds. The molecule has 0 saturated heterocycles. The monoisotopic (exact) mass is 843 g/mol. The molecule has 0 aromatic carbocycles. The summed E-state index contributed by atoms with van der Waals surface area (Å²) in [6.07, 6.45) is 49.4. The van der Waals surface area contributed by atoms with Gasteiger partial charge in [-0.25, -0.2) is 4.57 Å². The Kier molecular flexibility index (Phi) is 41.9. The van der Waals surface area contributed by atoms with E-state index in [-0.39, 0.29) is 25.8 Å². The summed E-state index contributed by atoms with van der Waals surface area (Å²) in [4.78, 5) is 22.9. The van der Waals surface area contributed by atoms with Crippen LogP contribution < -0.4 is 0 Å². The summed E-state index contributed by atoms with van der Waals surface area (Å²) in [6.45, 7) is 5.62. The van der Waals surface area contributed by atoms with Crippen molar-refractivity contribution in [3.05, 3.63) is 24.3 Å². The number of allylic oxidation sites excluding steroid dienone is 4. The number of phosphoric ester groups is 1. The number of phosphoric acid groups is 1. The van der Waals surface area contributed by atoms with Crippen molar-refractivity contribution in [3.8, 4) is 0 Å². The van der Waals surface area contributed by atoms with E-state index in [0.29, 0.717) is 24.1 Å². The smallest absolute Gasteiger partial charge is 0.457 e. The first-order chi connectivity index (χ1) is 28.1. The summed E-state index contributed by atoms with van der Waals surface area (Å²) < 4.78 is 35.0. The lowest BCUT2D eigenvalue weighted by Crippen LogP contribution is -2.37. The maximum absolute atomic E-state index is 12.7. The number of unbranched alkanes of at least 4 members (excludes halogenated alkanes) is 28. The third-order valence-electron chi connectivity index (χ3n) is 10.7. The van der Waals surface area contributed by atoms with Crippen LogP contribution in [0.1, 0.15) is 226 Å². The maximum Gasteiger partial charge on any atom is 0.472 e. The molecule has 8 nitrogen and oxygen atoms in total. The molecule has 0 rings (SSSR count). The van der Waals surface area contributed by atoms with Crippen LogP contribution in [-0.2, 0) is 27.9 Å². The maximum atomic E-state index is 12.7. The van der Waals surface area contributed by atoms with E-state index in [0.717, 1.165) is 44.9 Å². The fourth-order valence-electron chi connectivity index (χ4n) is 6.90. The van der Waals surface area contributed by atoms with Crippen molar-refractivity contribution in [2.45, 2.75) is 232 Å². The molecule has 0 saturated carbocycles. The molecule has 0 bridgehead atoms. The first-order valence-electron chi connectivity index (χ1n) is 24.6. The van der Waals surface area contributed by atoms with Crippen LogP contribution in [0.2, 0.25) is 0 Å². The average molecular weight is 843 g/mol. The Morgan fingerprint density at radius 2 is 0.897 bits per heavy atom. The van der Waals surface area contributed by atoms with E-state index in [4.69, 9.17) is 18.5 Å². The first-order valence-corrected chi connectivity index (χ1v) is 26.1. The van der Waals surface area contributed by atoms with Crippen molar-refractivity contribution < 1.29 is 37.3 Å². The van der Waals surface area contributed by atoms with Crippen molar-refractivity contribution in [1.82, 2.24) is 0 Å². The van der Waals surface area contributed by atoms with Gasteiger partial charge in [0.1, 0.15) is 19.3 Å². The van der Waals surface area contributed by atoms with E-state index in [2.05, 4.69) is 38.2 Å². The second-order valence-electron chi connectivity index (χ2n) is 17.8. The van der Waals surface area contributed by atoms with Crippen molar-refractivity contribution in [2.24, 2.45) is 0 Å². The van der Waals surface area contributed by atoms with E-state index < -0.39 is 13.9 Å². The number of likely N-dealkylation sites (N-methyl/N-ethyl adjacent to an activating group) is 1. The SMILES string of the molecule is CCCCC/C=C\CCCCCCCC(=O)OC(COCCCCCCCCCCCCCC/C=C\CCCCCCCCCC)COP(=O)(O)OCC[N+](C)(C)C. The molecule has 0 aliphatic carbocycles. The van der Waals surface area contributed by atoms with Gasteiger partial charge in [0.05, 0.1) is 34.4 Å². The standard InChI is InChI=1S/C49H96NO7P/c1-6-8-10-12-14-16-18-20-21-22-23-24-25-26-27-28-29-30-31-33-35-37-39-41-44-54-46-48(47-56-58(52,53)55-45-43-50(3,4)5)57-49(51)42-40-38-36-34-32-19-17-15-13-11-9-7-2/h15,17,22-23,48H,6-14,16,18-21,24-47H2,1-5H3/p+1/b17-15-,23-22-. The van der Waals surface area contributed by atoms with Gasteiger partial charge in [-0.15, -0.1) is 0 Å². The van der Waals surface area contributed by atoms with Crippen LogP contribution in [0.25, 0.3) is 0 Å². The lowest BCUT2D eigenvalue weighted by atomic mass is 10.0. The molecule has 0 heterocycles. The first kappa shape index (κ1) is 57.0. The Hall–Kier alpha value is -1.02. The van der Waals surface area contributed by atoms with Crippen molar-refractivity contribution >= 4 is 13.8 Å². The summed E-state index contributed by atoms with van der Waals surface area (Å²) in [5, 5.41) is 0. The Bertz CT molecular complexity index is 983. The molecule has 0 aromatic heterocycles. The minimum atomic E-state index is -4.27. The highest BCUT2D eigenvalue weighted by atomic mass is 31.2. The molecule has 0 aromatic rings. The molecule has 0 fully saturated rings. The van der Waals surface area contributed by atoms with Crippen LogP contribution >= 0.6 is 7.82 Å². The van der Waals surface area contributed by atoms with E-state index >= 15 is 0 Å². The number of esters is 1. The zero-order valence-electron chi connectivity index (χ0n) is 39.0. The predicted octanol–water partition coefficient (Wildman–Crippen LogP) is 14.8. The van der Waals surface area contributed by atoms with Crippen LogP contribution in [0, 0.1) is 0 Å². The topological polar surface area (TPSA) is 91.3 Å². The van der Waals surface area contributed by atoms with Crippen LogP contribution in [-0.4, -0.2) is 75.6 Å². The second-order valence-corrected chi connectivity index (χ2v) is 19.3. The number of rotatable bonds is 46. The highest BCUT2D eigenvalue weighted by Crippen LogP contribution is 2.43. The Balaban J connectivity index is 4.05. The van der Waals surface area contributed by atoms with Gasteiger partial charge in [0.15, 0.2) is 0 Å². The summed E-state index contributed by atoms with van der Waals surface area (Å²) in [6, 6.07) is 0. The minimum Gasteiger partial charge on any atom is -0.457 e. The predicted molar refractivity (Wildman–Crippen MR) is 247 cm³/mol. The minimum absolute atomic E-state index is 0.0885. The van der Waals surface area contributed by atoms with E-state index in [9.17, 15) is 14.3 Å². The van der Waals surface area contributed by atoms with E-state index in [1.807, 2.05) is 21.1 Å². The molecule has 9 heteroatoms. The highest BCUT2D eigenvalue weighted by Gasteiger charge is 2.26. The van der Waals surface area contributed by atoms with Gasteiger partial charge in [-0.05, 0) is 64.2 Å². The Labute approximate surface area is 360 Å². The van der Waals surface area contributed by atoms with Crippen LogP contribution in [0.4, 0.5) is 0 Å². The highest BCUT2D eigenvalue weighted by molar-refractivity contribution is 7.47. The third kappa shape index (κ3) is 46.1. The largest absolute Gasteiger partial charge is 0.472 e. The van der Waals surface area contributed by atoms with Crippen LogP contribution in [0.3, 0.4) is 0 Å². The molecule has 1 N–H and O–H groups in total. The molecular formula is C49H97NO7P+. The molecule has 0 aliphatic heterocycles. The normalized spacial score (nSPS) is 13.8. The second kappa shape index (κ2) is 42.7. The van der Waals surface area contributed by atoms with Gasteiger partial charge in [-0.1, -0.05) is 179 Å². The molecule has 2 atom stereocenters. The molecule has 2 unspecified atom stereocenters. The summed E-state index contributed by atoms with van der Waals surface area (Å²) in [7, 11) is 1.67. The number of hydrogen-bond donors (Lipinski definition) is 1. The molecule has 0 radical (unpaired) electrons. The van der Waals surface area contributed by atoms with Gasteiger partial charge >= 0.3 is 13.8 Å². The zero-order chi connectivity index (χ0) is 42.7. The van der Waals surface area contributed by atoms with Crippen molar-refractivity contribution in [3.63, 3.8) is 0 Å². The van der Waals surface area contributed by atoms with Crippen molar-refractivity contribution in [1.29, 1.82) is 0 Å². The molecule has 0 aliphatic rings. The van der Waals surface area contributed by atoms with Crippen LogP contribution in [0.15, 0.2) is 24.3 Å². The van der Waals surface area contributed by atoms with E-state index in [1.165, 1.54) is 161 Å². The van der Waals surface area contributed by atoms with Crippen LogP contribution in [0.5, 0.6) is 0 Å². The van der Waals surface area contributed by atoms with E-state index in [1.54, 1.807) is 0 Å². The molecule has 344 valence electrons. The van der Waals surface area contributed by atoms with Gasteiger partial charge < -0.3 is 18.9 Å². The van der Waals surface area contributed by atoms with Gasteiger partial charge in [-0.2, -0.15) is 0 Å². The number of hydrogen-bond acceptors (Lipinski definition) is 6. The number of carbonyl (C=O) groups is 1. The summed E-state index contributed by atoms with van der Waals surface area (Å²) >= 11 is 0. The molecule has 58 heavy (non-hydrogen) atoms. The number of ether oxygens (including phenoxy) is 2. The lowest BCUT2D eigenvalue weighted by molar-refractivity contribution is -0.870. The average Bonchev–Trinajstić information content (AvgIpc) is 3.18. The lowest BCUT2D eigenvalue weighted by Gasteiger charge is -2.24. The van der Waals surface area contributed by atoms with Crippen molar-refractivity contribution in [2.75, 3.05) is 54.1 Å². The number of nitrogens with zero attached hydrogens (tertiary/aromatic N) is 1. The van der Waals surface area contributed by atoms with Gasteiger partial charge in [0, 0.05) is 13.0 Å². The third-order valence-corrected chi connectivity index (χ3v) is 11.7. The van der Waals surface area contributed by atoms with Gasteiger partial charge in [0.2, 0.25) is 0 Å². The Morgan fingerprint density at radius 1 is 0.517 bits per heavy atom. The Morgan fingerprint density at radius 3 is 1.34 bits per heavy atom. The fourth-order valence-corrected chi connectivity index (χ4v) is 7.64. The number of carbonyl (C=O) groups excluding carboxylic acids is 1. The van der Waals surface area contributed by atoms with Gasteiger partial charge in [-0.3, -0.25) is 13.8 Å². The fraction of sp³-hybridized carbons (Fsp3) is 0.898. The van der Waals surface area contributed by atoms with Gasteiger partial charge in [0.25, 0.3) is 0 Å². The molecule has 0 spiro atoms.